The highest BCUT2D eigenvalue weighted by Gasteiger charge is 2.15. The third-order valence-electron chi connectivity index (χ3n) is 4.03. The van der Waals surface area contributed by atoms with Gasteiger partial charge in [-0.15, -0.1) is 11.3 Å². The highest BCUT2D eigenvalue weighted by Crippen LogP contribution is 2.30. The second kappa shape index (κ2) is 5.98. The van der Waals surface area contributed by atoms with E-state index < -0.39 is 0 Å². The Kier molecular flexibility index (Phi) is 4.06. The number of hydrogen-bond acceptors (Lipinski definition) is 3. The Morgan fingerprint density at radius 1 is 1.10 bits per heavy atom. The summed E-state index contributed by atoms with van der Waals surface area (Å²) in [5.41, 5.74) is 5.66. The number of aryl methyl sites for hydroxylation is 2. The maximum atomic E-state index is 5.81. The van der Waals surface area contributed by atoms with Crippen LogP contribution in [0.2, 0.25) is 0 Å². The van der Waals surface area contributed by atoms with E-state index in [0.29, 0.717) is 0 Å². The zero-order chi connectivity index (χ0) is 14.8. The lowest BCUT2D eigenvalue weighted by Gasteiger charge is -2.16. The lowest BCUT2D eigenvalue weighted by Crippen LogP contribution is -2.29. The number of hydrazine groups is 1. The molecular formula is C18H20N2S. The van der Waals surface area contributed by atoms with Crippen LogP contribution >= 0.6 is 11.3 Å². The van der Waals surface area contributed by atoms with E-state index in [1.54, 1.807) is 0 Å². The maximum absolute atomic E-state index is 5.81. The molecule has 0 aliphatic heterocycles. The first-order chi connectivity index (χ1) is 10.2. The Balaban J connectivity index is 1.96. The molecule has 3 heteroatoms. The molecule has 3 N–H and O–H groups in total. The monoisotopic (exact) mass is 296 g/mol. The number of nitrogens with one attached hydrogen (secondary N) is 1. The summed E-state index contributed by atoms with van der Waals surface area (Å²) in [6.45, 7) is 4.32. The summed E-state index contributed by atoms with van der Waals surface area (Å²) in [7, 11) is 0. The van der Waals surface area contributed by atoms with E-state index in [0.717, 1.165) is 6.42 Å². The van der Waals surface area contributed by atoms with Crippen LogP contribution < -0.4 is 11.3 Å². The fraction of sp³-hybridized carbons (Fsp3) is 0.222. The topological polar surface area (TPSA) is 38.0 Å². The molecule has 3 rings (SSSR count). The second-order valence-electron chi connectivity index (χ2n) is 5.45. The normalized spacial score (nSPS) is 12.7. The Morgan fingerprint density at radius 2 is 1.86 bits per heavy atom. The van der Waals surface area contributed by atoms with Gasteiger partial charge in [-0.2, -0.15) is 0 Å². The van der Waals surface area contributed by atoms with E-state index in [9.17, 15) is 0 Å². The predicted octanol–water partition coefficient (Wildman–Crippen LogP) is 4.27. The smallest absolute Gasteiger partial charge is 0.0593 e. The molecule has 0 radical (unpaired) electrons. The van der Waals surface area contributed by atoms with Gasteiger partial charge in [0.2, 0.25) is 0 Å². The van der Waals surface area contributed by atoms with Crippen molar-refractivity contribution in [3.63, 3.8) is 0 Å². The molecule has 0 spiro atoms. The number of fused-ring (bicyclic) bond motifs is 1. The second-order valence-corrected chi connectivity index (χ2v) is 6.74. The van der Waals surface area contributed by atoms with Crippen LogP contribution in [-0.2, 0) is 6.42 Å². The van der Waals surface area contributed by atoms with Crippen LogP contribution in [0.3, 0.4) is 0 Å². The van der Waals surface area contributed by atoms with Gasteiger partial charge in [0.15, 0.2) is 0 Å². The molecule has 0 aliphatic carbocycles. The molecule has 2 aromatic carbocycles. The number of thiophene rings is 1. The third-order valence-corrected chi connectivity index (χ3v) is 5.30. The van der Waals surface area contributed by atoms with Crippen molar-refractivity contribution < 1.29 is 0 Å². The molecule has 0 bridgehead atoms. The lowest BCUT2D eigenvalue weighted by atomic mass is 9.98. The summed E-state index contributed by atoms with van der Waals surface area (Å²) < 4.78 is 0. The number of benzene rings is 2. The Morgan fingerprint density at radius 3 is 2.57 bits per heavy atom. The minimum Gasteiger partial charge on any atom is -0.271 e. The van der Waals surface area contributed by atoms with Crippen molar-refractivity contribution in [2.24, 2.45) is 5.84 Å². The minimum atomic E-state index is 0.160. The molecule has 1 unspecified atom stereocenters. The van der Waals surface area contributed by atoms with E-state index in [1.807, 2.05) is 11.3 Å². The van der Waals surface area contributed by atoms with Crippen LogP contribution in [0, 0.1) is 13.8 Å². The Hall–Kier alpha value is -1.68. The first kappa shape index (κ1) is 14.3. The summed E-state index contributed by atoms with van der Waals surface area (Å²) in [6, 6.07) is 17.4. The minimum absolute atomic E-state index is 0.160. The largest absolute Gasteiger partial charge is 0.271 e. The van der Waals surface area contributed by atoms with Crippen LogP contribution in [0.5, 0.6) is 0 Å². The van der Waals surface area contributed by atoms with E-state index in [4.69, 9.17) is 5.84 Å². The first-order valence-corrected chi connectivity index (χ1v) is 8.00. The van der Waals surface area contributed by atoms with Crippen molar-refractivity contribution in [1.82, 2.24) is 5.43 Å². The molecule has 0 saturated heterocycles. The van der Waals surface area contributed by atoms with Crippen molar-refractivity contribution in [1.29, 1.82) is 0 Å². The zero-order valence-corrected chi connectivity index (χ0v) is 13.2. The van der Waals surface area contributed by atoms with Gasteiger partial charge in [0.1, 0.15) is 0 Å². The van der Waals surface area contributed by atoms with Crippen molar-refractivity contribution >= 4 is 22.1 Å². The molecule has 3 aromatic rings. The quantitative estimate of drug-likeness (QED) is 0.557. The van der Waals surface area contributed by atoms with Gasteiger partial charge in [-0.05, 0) is 48.2 Å². The lowest BCUT2D eigenvalue weighted by molar-refractivity contribution is 0.562. The Labute approximate surface area is 129 Å². The van der Waals surface area contributed by atoms with Crippen molar-refractivity contribution in [3.8, 4) is 0 Å². The van der Waals surface area contributed by atoms with E-state index in [-0.39, 0.29) is 6.04 Å². The molecule has 0 saturated carbocycles. The maximum Gasteiger partial charge on any atom is 0.0593 e. The van der Waals surface area contributed by atoms with Crippen LogP contribution in [0.1, 0.15) is 26.9 Å². The molecule has 108 valence electrons. The van der Waals surface area contributed by atoms with Gasteiger partial charge in [-0.1, -0.05) is 42.5 Å². The van der Waals surface area contributed by atoms with Crippen LogP contribution in [0.15, 0.2) is 48.5 Å². The molecule has 1 atom stereocenters. The fourth-order valence-corrected chi connectivity index (χ4v) is 3.81. The standard InChI is InChI=1S/C18H20N2S/c1-12-10-18(21-13(12)2)17(20-19)11-15-8-5-7-14-6-3-4-9-16(14)15/h3-10,17,20H,11,19H2,1-2H3. The van der Waals surface area contributed by atoms with Gasteiger partial charge in [0.25, 0.3) is 0 Å². The molecule has 2 nitrogen and oxygen atoms in total. The molecule has 21 heavy (non-hydrogen) atoms. The van der Waals surface area contributed by atoms with Crippen molar-refractivity contribution in [2.75, 3.05) is 0 Å². The fourth-order valence-electron chi connectivity index (χ4n) is 2.71. The molecule has 1 heterocycles. The van der Waals surface area contributed by atoms with E-state index >= 15 is 0 Å². The molecule has 1 aromatic heterocycles. The van der Waals surface area contributed by atoms with Crippen LogP contribution in [-0.4, -0.2) is 0 Å². The van der Waals surface area contributed by atoms with Gasteiger partial charge < -0.3 is 0 Å². The predicted molar refractivity (Wildman–Crippen MR) is 91.5 cm³/mol. The first-order valence-electron chi connectivity index (χ1n) is 7.18. The summed E-state index contributed by atoms with van der Waals surface area (Å²) >= 11 is 1.83. The number of nitrogens with two attached hydrogens (primary N) is 1. The van der Waals surface area contributed by atoms with Gasteiger partial charge >= 0.3 is 0 Å². The Bertz CT molecular complexity index is 736. The average Bonchev–Trinajstić information content (AvgIpc) is 2.84. The molecular weight excluding hydrogens is 276 g/mol. The summed E-state index contributed by atoms with van der Waals surface area (Å²) in [4.78, 5) is 2.67. The van der Waals surface area contributed by atoms with Gasteiger partial charge in [0.05, 0.1) is 6.04 Å². The number of hydrogen-bond donors (Lipinski definition) is 2. The van der Waals surface area contributed by atoms with Gasteiger partial charge in [-0.3, -0.25) is 11.3 Å². The van der Waals surface area contributed by atoms with E-state index in [2.05, 4.69) is 67.8 Å². The van der Waals surface area contributed by atoms with Gasteiger partial charge in [0, 0.05) is 9.75 Å². The van der Waals surface area contributed by atoms with Crippen molar-refractivity contribution in [3.05, 3.63) is 69.4 Å². The third kappa shape index (κ3) is 2.86. The summed E-state index contributed by atoms with van der Waals surface area (Å²) in [6.07, 6.45) is 0.900. The van der Waals surface area contributed by atoms with E-state index in [1.165, 1.54) is 31.7 Å². The SMILES string of the molecule is Cc1cc(C(Cc2cccc3ccccc23)NN)sc1C. The molecule has 0 aliphatic rings. The van der Waals surface area contributed by atoms with Gasteiger partial charge in [-0.25, -0.2) is 0 Å². The zero-order valence-electron chi connectivity index (χ0n) is 12.4. The summed E-state index contributed by atoms with van der Waals surface area (Å²) in [5, 5.41) is 2.59. The van der Waals surface area contributed by atoms with Crippen LogP contribution in [0.25, 0.3) is 10.8 Å². The summed E-state index contributed by atoms with van der Waals surface area (Å²) in [5.74, 6) is 5.81. The average molecular weight is 296 g/mol. The highest BCUT2D eigenvalue weighted by atomic mass is 32.1. The highest BCUT2D eigenvalue weighted by molar-refractivity contribution is 7.12. The van der Waals surface area contributed by atoms with Crippen LogP contribution in [0.4, 0.5) is 0 Å². The van der Waals surface area contributed by atoms with Crippen molar-refractivity contribution in [2.45, 2.75) is 26.3 Å². The molecule has 0 amide bonds. The molecule has 0 fully saturated rings. The number of rotatable bonds is 4.